The molecular formula is C17H25NO. The third-order valence-corrected chi connectivity index (χ3v) is 4.26. The van der Waals surface area contributed by atoms with Crippen LogP contribution in [0, 0.1) is 5.92 Å². The summed E-state index contributed by atoms with van der Waals surface area (Å²) < 4.78 is 0. The Hall–Kier alpha value is -1.15. The molecule has 1 fully saturated rings. The number of ketones is 1. The normalized spacial score (nSPS) is 17.8. The zero-order valence-electron chi connectivity index (χ0n) is 12.1. The van der Waals surface area contributed by atoms with Crippen LogP contribution in [0.4, 0.5) is 0 Å². The molecule has 1 aromatic carbocycles. The molecule has 0 aromatic heterocycles. The maximum absolute atomic E-state index is 12.4. The smallest absolute Gasteiger partial charge is 0.166 e. The van der Waals surface area contributed by atoms with Crippen LogP contribution < -0.4 is 0 Å². The average molecular weight is 259 g/mol. The number of nitrogens with zero attached hydrogens (tertiary/aromatic N) is 1. The second-order valence-electron chi connectivity index (χ2n) is 5.66. The van der Waals surface area contributed by atoms with Crippen molar-refractivity contribution >= 4 is 5.78 Å². The zero-order valence-corrected chi connectivity index (χ0v) is 12.1. The maximum Gasteiger partial charge on any atom is 0.166 e. The summed E-state index contributed by atoms with van der Waals surface area (Å²) in [5, 5.41) is 0. The highest BCUT2D eigenvalue weighted by molar-refractivity contribution is 5.97. The van der Waals surface area contributed by atoms with Gasteiger partial charge in [0.1, 0.15) is 0 Å². The summed E-state index contributed by atoms with van der Waals surface area (Å²) in [4.78, 5) is 14.9. The van der Waals surface area contributed by atoms with Gasteiger partial charge in [0.15, 0.2) is 5.78 Å². The van der Waals surface area contributed by atoms with Crippen LogP contribution in [0.5, 0.6) is 0 Å². The van der Waals surface area contributed by atoms with Crippen molar-refractivity contribution in [3.05, 3.63) is 35.9 Å². The molecule has 0 heterocycles. The molecule has 1 aliphatic rings. The van der Waals surface area contributed by atoms with Crippen LogP contribution >= 0.6 is 0 Å². The van der Waals surface area contributed by atoms with Gasteiger partial charge in [-0.3, -0.25) is 9.69 Å². The first-order valence-corrected chi connectivity index (χ1v) is 7.55. The highest BCUT2D eigenvalue weighted by atomic mass is 16.1. The number of carbonyl (C=O) groups excluding carboxylic acids is 1. The lowest BCUT2D eigenvalue weighted by Crippen LogP contribution is -2.38. The van der Waals surface area contributed by atoms with Crippen molar-refractivity contribution in [2.45, 2.75) is 45.6 Å². The van der Waals surface area contributed by atoms with E-state index in [-0.39, 0.29) is 11.7 Å². The monoisotopic (exact) mass is 259 g/mol. The van der Waals surface area contributed by atoms with E-state index in [4.69, 9.17) is 0 Å². The lowest BCUT2D eigenvalue weighted by molar-refractivity contribution is 0.0872. The number of rotatable bonds is 6. The van der Waals surface area contributed by atoms with Gasteiger partial charge in [-0.05, 0) is 19.4 Å². The molecule has 0 spiro atoms. The van der Waals surface area contributed by atoms with Gasteiger partial charge in [-0.15, -0.1) is 0 Å². The molecule has 0 bridgehead atoms. The van der Waals surface area contributed by atoms with E-state index in [0.717, 1.165) is 18.7 Å². The second kappa shape index (κ2) is 6.85. The molecule has 19 heavy (non-hydrogen) atoms. The van der Waals surface area contributed by atoms with Crippen molar-refractivity contribution < 1.29 is 4.79 Å². The van der Waals surface area contributed by atoms with Crippen molar-refractivity contribution in [3.8, 4) is 0 Å². The van der Waals surface area contributed by atoms with E-state index in [1.165, 1.54) is 25.7 Å². The summed E-state index contributed by atoms with van der Waals surface area (Å²) >= 11 is 0. The van der Waals surface area contributed by atoms with Gasteiger partial charge in [-0.1, -0.05) is 57.0 Å². The maximum atomic E-state index is 12.4. The molecule has 2 heteroatoms. The predicted octanol–water partition coefficient (Wildman–Crippen LogP) is 3.77. The Morgan fingerprint density at radius 2 is 1.89 bits per heavy atom. The minimum Gasteiger partial charge on any atom is -0.300 e. The van der Waals surface area contributed by atoms with Crippen molar-refractivity contribution in [2.75, 3.05) is 13.1 Å². The number of hydrogen-bond acceptors (Lipinski definition) is 2. The Bertz CT molecular complexity index is 395. The van der Waals surface area contributed by atoms with Crippen molar-refractivity contribution in [3.63, 3.8) is 0 Å². The number of carbonyl (C=O) groups is 1. The van der Waals surface area contributed by atoms with E-state index >= 15 is 0 Å². The van der Waals surface area contributed by atoms with Crippen LogP contribution in [0.15, 0.2) is 30.3 Å². The summed E-state index contributed by atoms with van der Waals surface area (Å²) in [6, 6.07) is 10.4. The molecule has 0 radical (unpaired) electrons. The standard InChI is InChI=1S/C17H25NO/c1-3-18(16-11-7-8-12-16)13-14(2)17(19)15-9-5-4-6-10-15/h4-6,9-10,14,16H,3,7-8,11-13H2,1-2H3. The Labute approximate surface area is 116 Å². The predicted molar refractivity (Wildman–Crippen MR) is 79.4 cm³/mol. The van der Waals surface area contributed by atoms with Crippen LogP contribution in [0.2, 0.25) is 0 Å². The van der Waals surface area contributed by atoms with Gasteiger partial charge >= 0.3 is 0 Å². The van der Waals surface area contributed by atoms with Gasteiger partial charge in [0.05, 0.1) is 0 Å². The summed E-state index contributed by atoms with van der Waals surface area (Å²) in [6.07, 6.45) is 5.31. The second-order valence-corrected chi connectivity index (χ2v) is 5.66. The zero-order chi connectivity index (χ0) is 13.7. The fourth-order valence-electron chi connectivity index (χ4n) is 3.13. The van der Waals surface area contributed by atoms with Crippen molar-refractivity contribution in [1.29, 1.82) is 0 Å². The molecule has 0 aliphatic heterocycles. The van der Waals surface area contributed by atoms with Crippen LogP contribution in [-0.2, 0) is 0 Å². The number of Topliss-reactive ketones (excluding diaryl/α,β-unsaturated/α-hetero) is 1. The highest BCUT2D eigenvalue weighted by Gasteiger charge is 2.25. The molecule has 0 saturated heterocycles. The lowest BCUT2D eigenvalue weighted by atomic mass is 9.98. The first-order valence-electron chi connectivity index (χ1n) is 7.55. The Morgan fingerprint density at radius 1 is 1.26 bits per heavy atom. The summed E-state index contributed by atoms with van der Waals surface area (Å²) in [7, 11) is 0. The number of hydrogen-bond donors (Lipinski definition) is 0. The van der Waals surface area contributed by atoms with Gasteiger partial charge in [-0.25, -0.2) is 0 Å². The molecule has 1 unspecified atom stereocenters. The van der Waals surface area contributed by atoms with Crippen molar-refractivity contribution in [2.24, 2.45) is 5.92 Å². The van der Waals surface area contributed by atoms with Gasteiger partial charge in [0.2, 0.25) is 0 Å². The molecule has 104 valence electrons. The molecule has 0 N–H and O–H groups in total. The quantitative estimate of drug-likeness (QED) is 0.725. The van der Waals surface area contributed by atoms with Gasteiger partial charge in [0, 0.05) is 24.1 Å². The molecule has 1 aliphatic carbocycles. The van der Waals surface area contributed by atoms with Gasteiger partial charge < -0.3 is 0 Å². The Morgan fingerprint density at radius 3 is 2.47 bits per heavy atom. The molecule has 1 atom stereocenters. The first kappa shape index (κ1) is 14.3. The van der Waals surface area contributed by atoms with E-state index in [0.29, 0.717) is 6.04 Å². The number of benzene rings is 1. The van der Waals surface area contributed by atoms with E-state index < -0.39 is 0 Å². The van der Waals surface area contributed by atoms with Crippen LogP contribution in [-0.4, -0.2) is 29.8 Å². The minimum absolute atomic E-state index is 0.0861. The fourth-order valence-corrected chi connectivity index (χ4v) is 3.13. The third-order valence-electron chi connectivity index (χ3n) is 4.26. The van der Waals surface area contributed by atoms with E-state index in [9.17, 15) is 4.79 Å². The summed E-state index contributed by atoms with van der Waals surface area (Å²) in [5.41, 5.74) is 0.845. The summed E-state index contributed by atoms with van der Waals surface area (Å²) in [5.74, 6) is 0.361. The topological polar surface area (TPSA) is 20.3 Å². The lowest BCUT2D eigenvalue weighted by Gasteiger charge is -2.29. The van der Waals surface area contributed by atoms with E-state index in [2.05, 4.69) is 18.7 Å². The molecule has 1 saturated carbocycles. The Kier molecular flexibility index (Phi) is 5.15. The summed E-state index contributed by atoms with van der Waals surface area (Å²) in [6.45, 7) is 6.22. The van der Waals surface area contributed by atoms with Crippen molar-refractivity contribution in [1.82, 2.24) is 4.90 Å². The minimum atomic E-state index is 0.0861. The fraction of sp³-hybridized carbons (Fsp3) is 0.588. The van der Waals surface area contributed by atoms with Crippen LogP contribution in [0.25, 0.3) is 0 Å². The largest absolute Gasteiger partial charge is 0.300 e. The molecule has 1 aromatic rings. The van der Waals surface area contributed by atoms with Gasteiger partial charge in [-0.2, -0.15) is 0 Å². The van der Waals surface area contributed by atoms with Crippen LogP contribution in [0.1, 0.15) is 49.9 Å². The Balaban J connectivity index is 1.95. The third kappa shape index (κ3) is 3.66. The molecule has 2 nitrogen and oxygen atoms in total. The van der Waals surface area contributed by atoms with E-state index in [1.54, 1.807) is 0 Å². The van der Waals surface area contributed by atoms with Crippen LogP contribution in [0.3, 0.4) is 0 Å². The van der Waals surface area contributed by atoms with E-state index in [1.807, 2.05) is 30.3 Å². The molecular weight excluding hydrogens is 234 g/mol. The SMILES string of the molecule is CCN(CC(C)C(=O)c1ccccc1)C1CCCC1. The average Bonchev–Trinajstić information content (AvgIpc) is 2.98. The highest BCUT2D eigenvalue weighted by Crippen LogP contribution is 2.24. The van der Waals surface area contributed by atoms with Gasteiger partial charge in [0.25, 0.3) is 0 Å². The first-order chi connectivity index (χ1) is 9.22. The molecule has 2 rings (SSSR count). The molecule has 0 amide bonds.